The molecule has 19 heavy (non-hydrogen) atoms. The molecule has 2 rings (SSSR count). The van der Waals surface area contributed by atoms with Crippen LogP contribution in [-0.4, -0.2) is 12.6 Å². The molecule has 0 N–H and O–H groups in total. The molecule has 2 aromatic carbocycles. The smallest absolute Gasteiger partial charge is 0.338 e. The van der Waals surface area contributed by atoms with Crippen LogP contribution in [0.1, 0.15) is 28.4 Å². The molecule has 0 amide bonds. The van der Waals surface area contributed by atoms with Crippen molar-refractivity contribution in [2.45, 2.75) is 13.3 Å². The SMILES string of the molecule is CCOC(=O)c1ccc(Cc2ccccc2)c(Cl)c1. The summed E-state index contributed by atoms with van der Waals surface area (Å²) >= 11 is 6.22. The van der Waals surface area contributed by atoms with E-state index in [9.17, 15) is 4.79 Å². The molecular formula is C16H15ClO2. The third-order valence-corrected chi connectivity index (χ3v) is 3.15. The molecule has 0 saturated heterocycles. The molecule has 0 aliphatic carbocycles. The van der Waals surface area contributed by atoms with Crippen molar-refractivity contribution in [3.8, 4) is 0 Å². The Hall–Kier alpha value is -1.80. The van der Waals surface area contributed by atoms with Crippen LogP contribution >= 0.6 is 11.6 Å². The molecule has 0 saturated carbocycles. The minimum atomic E-state index is -0.337. The Kier molecular flexibility index (Phi) is 4.58. The highest BCUT2D eigenvalue weighted by Crippen LogP contribution is 2.21. The molecule has 2 aromatic rings. The molecule has 0 atom stereocenters. The van der Waals surface area contributed by atoms with Gasteiger partial charge in [0.2, 0.25) is 0 Å². The van der Waals surface area contributed by atoms with Crippen LogP contribution in [0.5, 0.6) is 0 Å². The first-order chi connectivity index (χ1) is 9.20. The van der Waals surface area contributed by atoms with E-state index in [1.54, 1.807) is 19.1 Å². The maximum atomic E-state index is 11.6. The van der Waals surface area contributed by atoms with E-state index in [0.29, 0.717) is 17.2 Å². The van der Waals surface area contributed by atoms with Crippen LogP contribution in [0.3, 0.4) is 0 Å². The molecule has 0 bridgehead atoms. The third kappa shape index (κ3) is 3.58. The van der Waals surface area contributed by atoms with Gasteiger partial charge in [-0.15, -0.1) is 0 Å². The zero-order valence-corrected chi connectivity index (χ0v) is 11.5. The first-order valence-corrected chi connectivity index (χ1v) is 6.58. The fraction of sp³-hybridized carbons (Fsp3) is 0.188. The molecule has 0 unspecified atom stereocenters. The van der Waals surface area contributed by atoms with Gasteiger partial charge in [0, 0.05) is 5.02 Å². The van der Waals surface area contributed by atoms with Crippen molar-refractivity contribution < 1.29 is 9.53 Å². The molecule has 0 aromatic heterocycles. The van der Waals surface area contributed by atoms with Gasteiger partial charge in [0.25, 0.3) is 0 Å². The van der Waals surface area contributed by atoms with E-state index in [0.717, 1.165) is 12.0 Å². The highest BCUT2D eigenvalue weighted by atomic mass is 35.5. The Balaban J connectivity index is 2.18. The average Bonchev–Trinajstić information content (AvgIpc) is 2.42. The van der Waals surface area contributed by atoms with Crippen LogP contribution in [0.4, 0.5) is 0 Å². The van der Waals surface area contributed by atoms with Crippen molar-refractivity contribution in [1.82, 2.24) is 0 Å². The molecule has 0 radical (unpaired) electrons. The van der Waals surface area contributed by atoms with E-state index in [-0.39, 0.29) is 5.97 Å². The molecule has 0 aliphatic rings. The van der Waals surface area contributed by atoms with Gasteiger partial charge in [-0.05, 0) is 36.6 Å². The number of rotatable bonds is 4. The number of ether oxygens (including phenoxy) is 1. The lowest BCUT2D eigenvalue weighted by atomic mass is 10.0. The van der Waals surface area contributed by atoms with Gasteiger partial charge in [-0.2, -0.15) is 0 Å². The Bertz CT molecular complexity index is 564. The topological polar surface area (TPSA) is 26.3 Å². The molecule has 0 fully saturated rings. The number of carbonyl (C=O) groups excluding carboxylic acids is 1. The Labute approximate surface area is 118 Å². The van der Waals surface area contributed by atoms with Gasteiger partial charge in [-0.1, -0.05) is 48.0 Å². The largest absolute Gasteiger partial charge is 0.462 e. The maximum absolute atomic E-state index is 11.6. The quantitative estimate of drug-likeness (QED) is 0.785. The van der Waals surface area contributed by atoms with E-state index >= 15 is 0 Å². The summed E-state index contributed by atoms with van der Waals surface area (Å²) in [6, 6.07) is 15.4. The van der Waals surface area contributed by atoms with E-state index in [4.69, 9.17) is 16.3 Å². The normalized spacial score (nSPS) is 10.2. The predicted molar refractivity (Wildman–Crippen MR) is 76.7 cm³/mol. The van der Waals surface area contributed by atoms with Gasteiger partial charge >= 0.3 is 5.97 Å². The fourth-order valence-electron chi connectivity index (χ4n) is 1.85. The highest BCUT2D eigenvalue weighted by Gasteiger charge is 2.09. The summed E-state index contributed by atoms with van der Waals surface area (Å²) < 4.78 is 4.94. The van der Waals surface area contributed by atoms with Gasteiger partial charge in [0.15, 0.2) is 0 Å². The standard InChI is InChI=1S/C16H15ClO2/c1-2-19-16(18)14-9-8-13(15(17)11-14)10-12-6-4-3-5-7-12/h3-9,11H,2,10H2,1H3. The van der Waals surface area contributed by atoms with E-state index in [1.807, 2.05) is 24.3 Å². The first kappa shape index (κ1) is 13.6. The summed E-state index contributed by atoms with van der Waals surface area (Å²) in [6.07, 6.45) is 0.753. The number of halogens is 1. The summed E-state index contributed by atoms with van der Waals surface area (Å²) in [6.45, 7) is 2.14. The second kappa shape index (κ2) is 6.39. The zero-order chi connectivity index (χ0) is 13.7. The molecule has 3 heteroatoms. The highest BCUT2D eigenvalue weighted by molar-refractivity contribution is 6.31. The van der Waals surface area contributed by atoms with Crippen molar-refractivity contribution in [2.24, 2.45) is 0 Å². The molecule has 2 nitrogen and oxygen atoms in total. The van der Waals surface area contributed by atoms with Gasteiger partial charge in [-0.3, -0.25) is 0 Å². The second-order valence-corrected chi connectivity index (χ2v) is 4.60. The number of hydrogen-bond acceptors (Lipinski definition) is 2. The lowest BCUT2D eigenvalue weighted by Crippen LogP contribution is -2.05. The summed E-state index contributed by atoms with van der Waals surface area (Å²) in [4.78, 5) is 11.6. The third-order valence-electron chi connectivity index (χ3n) is 2.80. The van der Waals surface area contributed by atoms with E-state index < -0.39 is 0 Å². The minimum absolute atomic E-state index is 0.337. The minimum Gasteiger partial charge on any atom is -0.462 e. The number of carbonyl (C=O) groups is 1. The predicted octanol–water partition coefficient (Wildman–Crippen LogP) is 4.11. The number of esters is 1. The van der Waals surface area contributed by atoms with Gasteiger partial charge in [0.05, 0.1) is 12.2 Å². The van der Waals surface area contributed by atoms with Crippen molar-refractivity contribution >= 4 is 17.6 Å². The average molecular weight is 275 g/mol. The lowest BCUT2D eigenvalue weighted by Gasteiger charge is -2.07. The summed E-state index contributed by atoms with van der Waals surface area (Å²) in [7, 11) is 0. The van der Waals surface area contributed by atoms with Crippen LogP contribution in [0.2, 0.25) is 5.02 Å². The van der Waals surface area contributed by atoms with Crippen LogP contribution in [0, 0.1) is 0 Å². The number of benzene rings is 2. The Morgan fingerprint density at radius 1 is 1.16 bits per heavy atom. The van der Waals surface area contributed by atoms with Gasteiger partial charge < -0.3 is 4.74 Å². The van der Waals surface area contributed by atoms with Gasteiger partial charge in [-0.25, -0.2) is 4.79 Å². The Morgan fingerprint density at radius 3 is 2.53 bits per heavy atom. The van der Waals surface area contributed by atoms with Crippen molar-refractivity contribution in [3.05, 3.63) is 70.2 Å². The monoisotopic (exact) mass is 274 g/mol. The fourth-order valence-corrected chi connectivity index (χ4v) is 2.10. The van der Waals surface area contributed by atoms with Crippen LogP contribution in [0.15, 0.2) is 48.5 Å². The van der Waals surface area contributed by atoms with Crippen molar-refractivity contribution in [3.63, 3.8) is 0 Å². The first-order valence-electron chi connectivity index (χ1n) is 6.20. The van der Waals surface area contributed by atoms with Crippen LogP contribution in [-0.2, 0) is 11.2 Å². The molecule has 0 heterocycles. The van der Waals surface area contributed by atoms with E-state index in [2.05, 4.69) is 12.1 Å². The molecule has 0 spiro atoms. The summed E-state index contributed by atoms with van der Waals surface area (Å²) in [5.74, 6) is -0.337. The van der Waals surface area contributed by atoms with Crippen LogP contribution in [0.25, 0.3) is 0 Å². The summed E-state index contributed by atoms with van der Waals surface area (Å²) in [5.41, 5.74) is 2.68. The van der Waals surface area contributed by atoms with Gasteiger partial charge in [0.1, 0.15) is 0 Å². The van der Waals surface area contributed by atoms with E-state index in [1.165, 1.54) is 5.56 Å². The van der Waals surface area contributed by atoms with Crippen LogP contribution < -0.4 is 0 Å². The molecule has 0 aliphatic heterocycles. The molecule has 98 valence electrons. The van der Waals surface area contributed by atoms with Crippen molar-refractivity contribution in [1.29, 1.82) is 0 Å². The second-order valence-electron chi connectivity index (χ2n) is 4.19. The zero-order valence-electron chi connectivity index (χ0n) is 10.7. The number of hydrogen-bond donors (Lipinski definition) is 0. The molecular weight excluding hydrogens is 260 g/mol. The Morgan fingerprint density at radius 2 is 1.89 bits per heavy atom. The lowest BCUT2D eigenvalue weighted by molar-refractivity contribution is 0.0526. The van der Waals surface area contributed by atoms with Crippen molar-refractivity contribution in [2.75, 3.05) is 6.61 Å². The maximum Gasteiger partial charge on any atom is 0.338 e. The summed E-state index contributed by atoms with van der Waals surface area (Å²) in [5, 5.41) is 0.592.